The van der Waals surface area contributed by atoms with E-state index in [0.717, 1.165) is 32.4 Å². The third-order valence-electron chi connectivity index (χ3n) is 3.91. The van der Waals surface area contributed by atoms with Gasteiger partial charge in [-0.2, -0.15) is 0 Å². The standard InChI is InChI=1S/C16H23F2NO/c1-2-8-19-16(12-5-4-9-20-11-12)10-13-14(17)6-3-7-15(13)18/h3,6-7,12,16,19H,2,4-5,8-11H2,1H3. The van der Waals surface area contributed by atoms with Gasteiger partial charge in [0.05, 0.1) is 6.61 Å². The lowest BCUT2D eigenvalue weighted by Gasteiger charge is -2.31. The SMILES string of the molecule is CCCNC(Cc1c(F)cccc1F)C1CCCOC1. The first-order chi connectivity index (χ1) is 9.72. The lowest BCUT2D eigenvalue weighted by atomic mass is 9.89. The average Bonchev–Trinajstić information content (AvgIpc) is 2.47. The highest BCUT2D eigenvalue weighted by atomic mass is 19.1. The van der Waals surface area contributed by atoms with Gasteiger partial charge in [0.15, 0.2) is 0 Å². The zero-order valence-electron chi connectivity index (χ0n) is 12.0. The topological polar surface area (TPSA) is 21.3 Å². The molecule has 0 amide bonds. The van der Waals surface area contributed by atoms with Crippen molar-refractivity contribution in [2.75, 3.05) is 19.8 Å². The van der Waals surface area contributed by atoms with Gasteiger partial charge in [-0.25, -0.2) is 8.78 Å². The van der Waals surface area contributed by atoms with Gasteiger partial charge in [0.1, 0.15) is 11.6 Å². The van der Waals surface area contributed by atoms with Crippen molar-refractivity contribution in [3.63, 3.8) is 0 Å². The van der Waals surface area contributed by atoms with E-state index in [1.54, 1.807) is 0 Å². The van der Waals surface area contributed by atoms with Crippen molar-refractivity contribution in [1.82, 2.24) is 5.32 Å². The minimum absolute atomic E-state index is 0.0710. The first-order valence-electron chi connectivity index (χ1n) is 7.46. The molecule has 20 heavy (non-hydrogen) atoms. The van der Waals surface area contributed by atoms with Gasteiger partial charge in [0.2, 0.25) is 0 Å². The Hall–Kier alpha value is -1.00. The van der Waals surface area contributed by atoms with E-state index in [4.69, 9.17) is 4.74 Å². The zero-order chi connectivity index (χ0) is 14.4. The molecule has 0 aromatic heterocycles. The van der Waals surface area contributed by atoms with Crippen LogP contribution in [0.1, 0.15) is 31.7 Å². The Bertz CT molecular complexity index is 399. The predicted molar refractivity (Wildman–Crippen MR) is 75.7 cm³/mol. The van der Waals surface area contributed by atoms with Gasteiger partial charge in [-0.05, 0) is 50.3 Å². The largest absolute Gasteiger partial charge is 0.381 e. The Balaban J connectivity index is 2.09. The molecule has 1 heterocycles. The van der Waals surface area contributed by atoms with Crippen LogP contribution in [0.15, 0.2) is 18.2 Å². The van der Waals surface area contributed by atoms with Crippen LogP contribution in [-0.2, 0) is 11.2 Å². The second-order valence-corrected chi connectivity index (χ2v) is 5.44. The van der Waals surface area contributed by atoms with Crippen LogP contribution >= 0.6 is 0 Å². The molecule has 0 aliphatic carbocycles. The van der Waals surface area contributed by atoms with Crippen LogP contribution < -0.4 is 5.32 Å². The molecule has 2 unspecified atom stereocenters. The van der Waals surface area contributed by atoms with E-state index < -0.39 is 11.6 Å². The van der Waals surface area contributed by atoms with Crippen molar-refractivity contribution in [1.29, 1.82) is 0 Å². The summed E-state index contributed by atoms with van der Waals surface area (Å²) in [5, 5.41) is 3.43. The Morgan fingerprint density at radius 1 is 1.35 bits per heavy atom. The second kappa shape index (κ2) is 7.70. The molecule has 2 rings (SSSR count). The molecular weight excluding hydrogens is 260 g/mol. The fourth-order valence-electron chi connectivity index (χ4n) is 2.77. The number of hydrogen-bond donors (Lipinski definition) is 1. The van der Waals surface area contributed by atoms with Crippen LogP contribution in [0.25, 0.3) is 0 Å². The van der Waals surface area contributed by atoms with Crippen LogP contribution in [0.5, 0.6) is 0 Å². The monoisotopic (exact) mass is 283 g/mol. The van der Waals surface area contributed by atoms with Gasteiger partial charge < -0.3 is 10.1 Å². The summed E-state index contributed by atoms with van der Waals surface area (Å²) in [6.45, 7) is 4.42. The van der Waals surface area contributed by atoms with E-state index in [0.29, 0.717) is 18.9 Å². The molecule has 0 spiro atoms. The van der Waals surface area contributed by atoms with Gasteiger partial charge >= 0.3 is 0 Å². The smallest absolute Gasteiger partial charge is 0.129 e. The quantitative estimate of drug-likeness (QED) is 0.865. The van der Waals surface area contributed by atoms with E-state index in [1.807, 2.05) is 0 Å². The normalized spacial score (nSPS) is 20.9. The lowest BCUT2D eigenvalue weighted by molar-refractivity contribution is 0.0391. The average molecular weight is 283 g/mol. The van der Waals surface area contributed by atoms with E-state index in [9.17, 15) is 8.78 Å². The highest BCUT2D eigenvalue weighted by molar-refractivity contribution is 5.21. The second-order valence-electron chi connectivity index (χ2n) is 5.44. The Labute approximate surface area is 119 Å². The van der Waals surface area contributed by atoms with Crippen LogP contribution in [0.4, 0.5) is 8.78 Å². The first-order valence-corrected chi connectivity index (χ1v) is 7.46. The molecule has 1 fully saturated rings. The summed E-state index contributed by atoms with van der Waals surface area (Å²) in [5.74, 6) is -0.579. The molecule has 1 aromatic rings. The highest BCUT2D eigenvalue weighted by Crippen LogP contribution is 2.23. The third kappa shape index (κ3) is 4.00. The third-order valence-corrected chi connectivity index (χ3v) is 3.91. The molecule has 0 radical (unpaired) electrons. The van der Waals surface area contributed by atoms with Gasteiger partial charge in [-0.15, -0.1) is 0 Å². The van der Waals surface area contributed by atoms with Crippen LogP contribution in [-0.4, -0.2) is 25.8 Å². The van der Waals surface area contributed by atoms with Crippen molar-refractivity contribution in [2.24, 2.45) is 5.92 Å². The summed E-state index contributed by atoms with van der Waals surface area (Å²) in [7, 11) is 0. The number of rotatable bonds is 6. The number of halogens is 2. The van der Waals surface area contributed by atoms with Gasteiger partial charge in [-0.1, -0.05) is 13.0 Å². The number of benzene rings is 1. The summed E-state index contributed by atoms with van der Waals surface area (Å²) in [5.41, 5.74) is 0.187. The molecule has 1 aliphatic rings. The van der Waals surface area contributed by atoms with Gasteiger partial charge in [0, 0.05) is 18.2 Å². The summed E-state index contributed by atoms with van der Waals surface area (Å²) in [6.07, 6.45) is 3.46. The molecule has 1 aliphatic heterocycles. The molecule has 1 aromatic carbocycles. The fourth-order valence-corrected chi connectivity index (χ4v) is 2.77. The van der Waals surface area contributed by atoms with Gasteiger partial charge in [0.25, 0.3) is 0 Å². The summed E-state index contributed by atoms with van der Waals surface area (Å²) in [4.78, 5) is 0. The molecular formula is C16H23F2NO. The van der Waals surface area contributed by atoms with E-state index in [2.05, 4.69) is 12.2 Å². The summed E-state index contributed by atoms with van der Waals surface area (Å²) < 4.78 is 33.1. The Kier molecular flexibility index (Phi) is 5.92. The van der Waals surface area contributed by atoms with Crippen LogP contribution in [0, 0.1) is 17.6 Å². The van der Waals surface area contributed by atoms with E-state index in [-0.39, 0.29) is 11.6 Å². The molecule has 2 nitrogen and oxygen atoms in total. The molecule has 0 bridgehead atoms. The predicted octanol–water partition coefficient (Wildman–Crippen LogP) is 3.30. The number of hydrogen-bond acceptors (Lipinski definition) is 2. The van der Waals surface area contributed by atoms with Crippen molar-refractivity contribution < 1.29 is 13.5 Å². The molecule has 1 N–H and O–H groups in total. The minimum atomic E-state index is -0.454. The maximum atomic E-state index is 13.8. The summed E-state index contributed by atoms with van der Waals surface area (Å²) in [6, 6.07) is 4.13. The Morgan fingerprint density at radius 3 is 2.70 bits per heavy atom. The molecule has 4 heteroatoms. The fraction of sp³-hybridized carbons (Fsp3) is 0.625. The zero-order valence-corrected chi connectivity index (χ0v) is 12.0. The van der Waals surface area contributed by atoms with E-state index in [1.165, 1.54) is 18.2 Å². The molecule has 0 saturated carbocycles. The van der Waals surface area contributed by atoms with Crippen molar-refractivity contribution >= 4 is 0 Å². The number of nitrogens with one attached hydrogen (secondary N) is 1. The molecule has 112 valence electrons. The minimum Gasteiger partial charge on any atom is -0.381 e. The number of ether oxygens (including phenoxy) is 1. The van der Waals surface area contributed by atoms with Crippen molar-refractivity contribution in [3.05, 3.63) is 35.4 Å². The Morgan fingerprint density at radius 2 is 2.10 bits per heavy atom. The lowest BCUT2D eigenvalue weighted by Crippen LogP contribution is -2.42. The van der Waals surface area contributed by atoms with Crippen LogP contribution in [0.3, 0.4) is 0 Å². The highest BCUT2D eigenvalue weighted by Gasteiger charge is 2.25. The molecule has 2 atom stereocenters. The van der Waals surface area contributed by atoms with E-state index >= 15 is 0 Å². The summed E-state index contributed by atoms with van der Waals surface area (Å²) >= 11 is 0. The first kappa shape index (κ1) is 15.4. The van der Waals surface area contributed by atoms with Crippen molar-refractivity contribution in [2.45, 2.75) is 38.6 Å². The maximum absolute atomic E-state index is 13.8. The van der Waals surface area contributed by atoms with Gasteiger partial charge in [-0.3, -0.25) is 0 Å². The van der Waals surface area contributed by atoms with Crippen LogP contribution in [0.2, 0.25) is 0 Å². The van der Waals surface area contributed by atoms with Crippen molar-refractivity contribution in [3.8, 4) is 0 Å². The molecule has 1 saturated heterocycles. The maximum Gasteiger partial charge on any atom is 0.129 e.